The molecule has 0 bridgehead atoms. The molecule has 0 fully saturated rings. The zero-order valence-electron chi connectivity index (χ0n) is 6.63. The highest BCUT2D eigenvalue weighted by atomic mass is 32.1. The molecular weight excluding hydrogens is 182 g/mol. The number of halogens is 2. The lowest BCUT2D eigenvalue weighted by molar-refractivity contribution is 0.105. The van der Waals surface area contributed by atoms with Crippen LogP contribution in [0.25, 0.3) is 0 Å². The Morgan fingerprint density at radius 1 is 1.67 bits per heavy atom. The number of hydrogen-bond donors (Lipinski definition) is 1. The van der Waals surface area contributed by atoms with Crippen LogP contribution in [0.3, 0.4) is 0 Å². The van der Waals surface area contributed by atoms with Crippen molar-refractivity contribution in [1.29, 1.82) is 0 Å². The summed E-state index contributed by atoms with van der Waals surface area (Å²) in [7, 11) is 0. The highest BCUT2D eigenvalue weighted by molar-refractivity contribution is 7.07. The molecule has 0 amide bonds. The van der Waals surface area contributed by atoms with E-state index in [1.165, 1.54) is 18.3 Å². The fraction of sp³-hybridized carbons (Fsp3) is 0.571. The maximum Gasteiger partial charge on any atom is 0.253 e. The molecule has 5 heteroatoms. The van der Waals surface area contributed by atoms with Gasteiger partial charge in [-0.25, -0.2) is 13.8 Å². The molecule has 1 atom stereocenters. The topological polar surface area (TPSA) is 24.9 Å². The van der Waals surface area contributed by atoms with E-state index in [0.717, 1.165) is 5.69 Å². The molecule has 1 aromatic heterocycles. The number of nitrogens with one attached hydrogen (secondary N) is 1. The van der Waals surface area contributed by atoms with Crippen molar-refractivity contribution in [3.8, 4) is 0 Å². The fourth-order valence-corrected chi connectivity index (χ4v) is 1.24. The molecule has 0 aromatic carbocycles. The van der Waals surface area contributed by atoms with E-state index < -0.39 is 12.5 Å². The molecule has 1 rings (SSSR count). The standard InChI is InChI=1S/C7H10F2N2S/c1-5(7(8)9)10-2-6-3-12-4-11-6/h3-5,7,10H,2H2,1H3. The molecule has 1 heterocycles. The highest BCUT2D eigenvalue weighted by Crippen LogP contribution is 2.03. The third-order valence-corrected chi connectivity index (χ3v) is 2.10. The zero-order valence-corrected chi connectivity index (χ0v) is 7.44. The normalized spacial score (nSPS) is 13.7. The molecule has 0 radical (unpaired) electrons. The number of aromatic nitrogens is 1. The smallest absolute Gasteiger partial charge is 0.253 e. The van der Waals surface area contributed by atoms with E-state index in [-0.39, 0.29) is 0 Å². The SMILES string of the molecule is CC(NCc1cscn1)C(F)F. The molecule has 1 unspecified atom stereocenters. The first-order chi connectivity index (χ1) is 5.70. The second kappa shape index (κ2) is 4.47. The molecule has 12 heavy (non-hydrogen) atoms. The molecule has 0 spiro atoms. The Balaban J connectivity index is 2.27. The minimum atomic E-state index is -2.32. The molecule has 0 saturated heterocycles. The van der Waals surface area contributed by atoms with Gasteiger partial charge >= 0.3 is 0 Å². The van der Waals surface area contributed by atoms with E-state index in [0.29, 0.717) is 6.54 Å². The van der Waals surface area contributed by atoms with Crippen LogP contribution in [0.5, 0.6) is 0 Å². The maximum atomic E-state index is 12.0. The zero-order chi connectivity index (χ0) is 8.97. The van der Waals surface area contributed by atoms with Gasteiger partial charge in [0, 0.05) is 11.9 Å². The molecule has 0 aliphatic heterocycles. The first kappa shape index (κ1) is 9.54. The van der Waals surface area contributed by atoms with Crippen LogP contribution < -0.4 is 5.32 Å². The Morgan fingerprint density at radius 3 is 2.92 bits per heavy atom. The molecule has 2 nitrogen and oxygen atoms in total. The summed E-state index contributed by atoms with van der Waals surface area (Å²) in [6.07, 6.45) is -2.32. The van der Waals surface area contributed by atoms with E-state index in [1.807, 2.05) is 5.38 Å². The lowest BCUT2D eigenvalue weighted by atomic mass is 10.3. The van der Waals surface area contributed by atoms with Crippen LogP contribution in [0.4, 0.5) is 8.78 Å². The van der Waals surface area contributed by atoms with Gasteiger partial charge < -0.3 is 5.32 Å². The Morgan fingerprint density at radius 2 is 2.42 bits per heavy atom. The minimum absolute atomic E-state index is 0.412. The summed E-state index contributed by atoms with van der Waals surface area (Å²) >= 11 is 1.46. The van der Waals surface area contributed by atoms with E-state index in [2.05, 4.69) is 10.3 Å². The van der Waals surface area contributed by atoms with Crippen molar-refractivity contribution in [3.05, 3.63) is 16.6 Å². The second-order valence-electron chi connectivity index (χ2n) is 2.48. The first-order valence-corrected chi connectivity index (χ1v) is 4.53. The largest absolute Gasteiger partial charge is 0.303 e. The van der Waals surface area contributed by atoms with Gasteiger partial charge in [0.05, 0.1) is 17.2 Å². The van der Waals surface area contributed by atoms with Gasteiger partial charge in [0.1, 0.15) is 0 Å². The Hall–Kier alpha value is -0.550. The van der Waals surface area contributed by atoms with Gasteiger partial charge in [0.15, 0.2) is 0 Å². The minimum Gasteiger partial charge on any atom is -0.303 e. The van der Waals surface area contributed by atoms with Crippen LogP contribution >= 0.6 is 11.3 Å². The monoisotopic (exact) mass is 192 g/mol. The summed E-state index contributed by atoms with van der Waals surface area (Å²) in [5.74, 6) is 0. The van der Waals surface area contributed by atoms with Gasteiger partial charge in [0.25, 0.3) is 6.43 Å². The molecule has 1 N–H and O–H groups in total. The lowest BCUT2D eigenvalue weighted by Crippen LogP contribution is -2.32. The van der Waals surface area contributed by atoms with Crippen LogP contribution in [0, 0.1) is 0 Å². The molecule has 0 aliphatic rings. The van der Waals surface area contributed by atoms with Gasteiger partial charge in [0.2, 0.25) is 0 Å². The number of nitrogens with zero attached hydrogens (tertiary/aromatic N) is 1. The maximum absolute atomic E-state index is 12.0. The molecular formula is C7H10F2N2S. The quantitative estimate of drug-likeness (QED) is 0.788. The third-order valence-electron chi connectivity index (χ3n) is 1.47. The summed E-state index contributed by atoms with van der Waals surface area (Å²) in [4.78, 5) is 3.96. The molecule has 1 aromatic rings. The van der Waals surface area contributed by atoms with Gasteiger partial charge in [-0.05, 0) is 6.92 Å². The summed E-state index contributed by atoms with van der Waals surface area (Å²) in [6, 6.07) is -0.772. The Kier molecular flexibility index (Phi) is 3.55. The molecule has 0 saturated carbocycles. The first-order valence-electron chi connectivity index (χ1n) is 3.58. The lowest BCUT2D eigenvalue weighted by Gasteiger charge is -2.10. The third kappa shape index (κ3) is 2.83. The van der Waals surface area contributed by atoms with Crippen LogP contribution in [0.2, 0.25) is 0 Å². The van der Waals surface area contributed by atoms with Crippen molar-refractivity contribution < 1.29 is 8.78 Å². The van der Waals surface area contributed by atoms with Crippen molar-refractivity contribution in [2.45, 2.75) is 25.9 Å². The number of hydrogen-bond acceptors (Lipinski definition) is 3. The van der Waals surface area contributed by atoms with Crippen molar-refractivity contribution in [2.24, 2.45) is 0 Å². The van der Waals surface area contributed by atoms with Crippen molar-refractivity contribution >= 4 is 11.3 Å². The summed E-state index contributed by atoms with van der Waals surface area (Å²) in [6.45, 7) is 1.87. The Bertz CT molecular complexity index is 213. The number of alkyl halides is 2. The van der Waals surface area contributed by atoms with Crippen molar-refractivity contribution in [2.75, 3.05) is 0 Å². The van der Waals surface area contributed by atoms with E-state index in [4.69, 9.17) is 0 Å². The van der Waals surface area contributed by atoms with E-state index in [9.17, 15) is 8.78 Å². The predicted molar refractivity (Wildman–Crippen MR) is 44.4 cm³/mol. The van der Waals surface area contributed by atoms with Gasteiger partial charge in [-0.2, -0.15) is 0 Å². The molecule has 0 aliphatic carbocycles. The van der Waals surface area contributed by atoms with E-state index in [1.54, 1.807) is 5.51 Å². The average Bonchev–Trinajstić information content (AvgIpc) is 2.51. The second-order valence-corrected chi connectivity index (χ2v) is 3.20. The van der Waals surface area contributed by atoms with Gasteiger partial charge in [-0.1, -0.05) is 0 Å². The van der Waals surface area contributed by atoms with Crippen LogP contribution in [-0.2, 0) is 6.54 Å². The van der Waals surface area contributed by atoms with Gasteiger partial charge in [-0.15, -0.1) is 11.3 Å². The van der Waals surface area contributed by atoms with Crippen molar-refractivity contribution in [3.63, 3.8) is 0 Å². The fourth-order valence-electron chi connectivity index (χ4n) is 0.679. The highest BCUT2D eigenvalue weighted by Gasteiger charge is 2.13. The van der Waals surface area contributed by atoms with Crippen LogP contribution in [0.15, 0.2) is 10.9 Å². The number of rotatable bonds is 4. The average molecular weight is 192 g/mol. The number of thiazole rings is 1. The summed E-state index contributed by atoms with van der Waals surface area (Å²) in [5.41, 5.74) is 2.50. The summed E-state index contributed by atoms with van der Waals surface area (Å²) < 4.78 is 24.0. The Labute approximate surface area is 73.6 Å². The van der Waals surface area contributed by atoms with Crippen LogP contribution in [0.1, 0.15) is 12.6 Å². The van der Waals surface area contributed by atoms with Gasteiger partial charge in [-0.3, -0.25) is 0 Å². The van der Waals surface area contributed by atoms with Crippen molar-refractivity contribution in [1.82, 2.24) is 10.3 Å². The van der Waals surface area contributed by atoms with E-state index >= 15 is 0 Å². The summed E-state index contributed by atoms with van der Waals surface area (Å²) in [5, 5.41) is 4.52. The van der Waals surface area contributed by atoms with Crippen LogP contribution in [-0.4, -0.2) is 17.5 Å². The predicted octanol–water partition coefficient (Wildman–Crippen LogP) is 1.89. The molecule has 68 valence electrons.